The molecule has 4 rings (SSSR count). The number of carboxylic acid groups (broad SMARTS) is 1. The Morgan fingerprint density at radius 2 is 1.84 bits per heavy atom. The molecular weight excluding hydrogens is 503 g/mol. The molecule has 0 spiro atoms. The molecule has 1 saturated carbocycles. The van der Waals surface area contributed by atoms with Gasteiger partial charge < -0.3 is 9.84 Å². The van der Waals surface area contributed by atoms with Gasteiger partial charge in [0.25, 0.3) is 5.56 Å². The zero-order valence-electron chi connectivity index (χ0n) is 20.8. The number of fused-ring (bicyclic) bond motifs is 1. The summed E-state index contributed by atoms with van der Waals surface area (Å²) < 4.78 is 45.9. The second-order valence-electron chi connectivity index (χ2n) is 9.56. The first-order chi connectivity index (χ1) is 18.1. The number of aliphatic carboxylic acids is 1. The number of hydrogen-bond donors (Lipinski definition) is 1. The molecule has 1 aliphatic carbocycles. The van der Waals surface area contributed by atoms with Crippen LogP contribution in [-0.2, 0) is 17.5 Å². The van der Waals surface area contributed by atoms with E-state index in [1.807, 2.05) is 0 Å². The zero-order chi connectivity index (χ0) is 27.4. The summed E-state index contributed by atoms with van der Waals surface area (Å²) >= 11 is 0. The lowest BCUT2D eigenvalue weighted by Crippen LogP contribution is -2.34. The first kappa shape index (κ1) is 27.3. The Balaban J connectivity index is 1.51. The molecule has 3 aromatic rings. The zero-order valence-corrected chi connectivity index (χ0v) is 20.8. The maximum atomic E-state index is 13.2. The summed E-state index contributed by atoms with van der Waals surface area (Å²) in [5, 5.41) is 17.3. The Labute approximate surface area is 216 Å². The number of carbonyl (C=O) groups is 2. The normalized spacial score (nSPS) is 19.5. The Morgan fingerprint density at radius 3 is 2.50 bits per heavy atom. The minimum atomic E-state index is -4.64. The van der Waals surface area contributed by atoms with Crippen LogP contribution in [0, 0.1) is 17.8 Å². The van der Waals surface area contributed by atoms with Gasteiger partial charge in [-0.25, -0.2) is 4.68 Å². The molecule has 0 radical (unpaired) electrons. The monoisotopic (exact) mass is 531 g/mol. The highest BCUT2D eigenvalue weighted by atomic mass is 19.4. The van der Waals surface area contributed by atoms with Crippen molar-refractivity contribution in [1.29, 1.82) is 0 Å². The molecule has 8 nitrogen and oxygen atoms in total. The van der Waals surface area contributed by atoms with Gasteiger partial charge in [0.15, 0.2) is 5.78 Å². The van der Waals surface area contributed by atoms with Crippen LogP contribution in [0.5, 0.6) is 5.75 Å². The number of unbranched alkanes of at least 4 members (excludes halogenated alkanes) is 2. The fourth-order valence-corrected chi connectivity index (χ4v) is 5.02. The van der Waals surface area contributed by atoms with E-state index in [-0.39, 0.29) is 23.2 Å². The molecule has 0 saturated heterocycles. The highest BCUT2D eigenvalue weighted by molar-refractivity contribution is 6.00. The Morgan fingerprint density at radius 1 is 1.11 bits per heavy atom. The van der Waals surface area contributed by atoms with Crippen LogP contribution in [0.15, 0.2) is 47.3 Å². The average molecular weight is 532 g/mol. The fourth-order valence-electron chi connectivity index (χ4n) is 5.02. The number of halogens is 3. The van der Waals surface area contributed by atoms with Crippen molar-refractivity contribution in [3.63, 3.8) is 0 Å². The molecule has 3 unspecified atom stereocenters. The number of carbonyl (C=O) groups excluding carboxylic acids is 1. The predicted molar refractivity (Wildman–Crippen MR) is 132 cm³/mol. The van der Waals surface area contributed by atoms with Gasteiger partial charge in [-0.05, 0) is 67.6 Å². The van der Waals surface area contributed by atoms with E-state index in [1.165, 1.54) is 0 Å². The van der Waals surface area contributed by atoms with E-state index in [0.29, 0.717) is 30.8 Å². The van der Waals surface area contributed by atoms with Crippen molar-refractivity contribution in [2.75, 3.05) is 6.61 Å². The van der Waals surface area contributed by atoms with Crippen LogP contribution in [0.3, 0.4) is 0 Å². The van der Waals surface area contributed by atoms with Gasteiger partial charge in [0.1, 0.15) is 11.3 Å². The molecule has 3 atom stereocenters. The van der Waals surface area contributed by atoms with Crippen molar-refractivity contribution in [2.24, 2.45) is 17.8 Å². The van der Waals surface area contributed by atoms with Crippen molar-refractivity contribution in [1.82, 2.24) is 15.0 Å². The van der Waals surface area contributed by atoms with Crippen LogP contribution in [0.25, 0.3) is 10.9 Å². The third kappa shape index (κ3) is 5.87. The number of ketones is 1. The first-order valence-corrected chi connectivity index (χ1v) is 12.5. The third-order valence-corrected chi connectivity index (χ3v) is 7.02. The van der Waals surface area contributed by atoms with E-state index in [4.69, 9.17) is 4.74 Å². The van der Waals surface area contributed by atoms with Gasteiger partial charge in [-0.2, -0.15) is 13.2 Å². The van der Waals surface area contributed by atoms with E-state index >= 15 is 0 Å². The van der Waals surface area contributed by atoms with Gasteiger partial charge in [0.05, 0.1) is 30.0 Å². The van der Waals surface area contributed by atoms with E-state index in [1.54, 1.807) is 24.3 Å². The van der Waals surface area contributed by atoms with Gasteiger partial charge in [-0.15, -0.1) is 5.10 Å². The maximum absolute atomic E-state index is 13.2. The third-order valence-electron chi connectivity index (χ3n) is 7.02. The summed E-state index contributed by atoms with van der Waals surface area (Å²) in [5.41, 5.74) is -1.42. The van der Waals surface area contributed by atoms with Crippen molar-refractivity contribution in [3.05, 3.63) is 63.9 Å². The highest BCUT2D eigenvalue weighted by Gasteiger charge is 2.45. The van der Waals surface area contributed by atoms with Crippen molar-refractivity contribution < 1.29 is 32.6 Å². The summed E-state index contributed by atoms with van der Waals surface area (Å²) in [7, 11) is 0. The summed E-state index contributed by atoms with van der Waals surface area (Å²) in [6, 6.07) is 9.20. The lowest BCUT2D eigenvalue weighted by molar-refractivity contribution is -0.144. The number of nitrogens with zero attached hydrogens (tertiary/aromatic N) is 3. The fraction of sp³-hybridized carbons (Fsp3) is 0.444. The highest BCUT2D eigenvalue weighted by Crippen LogP contribution is 2.40. The van der Waals surface area contributed by atoms with Crippen LogP contribution in [-0.4, -0.2) is 38.5 Å². The molecule has 11 heteroatoms. The smallest absolute Gasteiger partial charge is 0.416 e. The van der Waals surface area contributed by atoms with Crippen LogP contribution in [0.4, 0.5) is 13.2 Å². The summed E-state index contributed by atoms with van der Waals surface area (Å²) in [6.07, 6.45) is -0.951. The van der Waals surface area contributed by atoms with Crippen molar-refractivity contribution in [3.8, 4) is 5.75 Å². The van der Waals surface area contributed by atoms with Gasteiger partial charge in [0, 0.05) is 11.5 Å². The summed E-state index contributed by atoms with van der Waals surface area (Å²) in [4.78, 5) is 38.4. The molecular formula is C27H28F3N3O5. The number of ether oxygens (including phenoxy) is 1. The van der Waals surface area contributed by atoms with Gasteiger partial charge in [0.2, 0.25) is 0 Å². The van der Waals surface area contributed by atoms with Crippen LogP contribution in [0.1, 0.15) is 54.9 Å². The number of hydrogen-bond acceptors (Lipinski definition) is 6. The Kier molecular flexibility index (Phi) is 8.13. The summed E-state index contributed by atoms with van der Waals surface area (Å²) in [5.74, 6) is -3.39. The molecule has 1 aromatic heterocycles. The van der Waals surface area contributed by atoms with Gasteiger partial charge >= 0.3 is 12.1 Å². The van der Waals surface area contributed by atoms with Gasteiger partial charge in [-0.3, -0.25) is 14.4 Å². The minimum Gasteiger partial charge on any atom is -0.494 e. The quantitative estimate of drug-likeness (QED) is 0.290. The minimum absolute atomic E-state index is 0.00583. The predicted octanol–water partition coefficient (Wildman–Crippen LogP) is 4.99. The molecule has 0 bridgehead atoms. The largest absolute Gasteiger partial charge is 0.494 e. The van der Waals surface area contributed by atoms with Crippen molar-refractivity contribution in [2.45, 2.75) is 51.7 Å². The number of carboxylic acids is 1. The topological polar surface area (TPSA) is 111 Å². The molecule has 38 heavy (non-hydrogen) atoms. The molecule has 0 aliphatic heterocycles. The Hall–Kier alpha value is -3.76. The van der Waals surface area contributed by atoms with E-state index in [2.05, 4.69) is 17.2 Å². The van der Waals surface area contributed by atoms with Crippen LogP contribution >= 0.6 is 0 Å². The number of aromatic nitrogens is 3. The lowest BCUT2D eigenvalue weighted by Gasteiger charge is -2.20. The summed E-state index contributed by atoms with van der Waals surface area (Å²) in [6.45, 7) is 2.49. The van der Waals surface area contributed by atoms with E-state index in [9.17, 15) is 32.7 Å². The first-order valence-electron chi connectivity index (χ1n) is 12.5. The number of alkyl halides is 3. The molecule has 1 fully saturated rings. The van der Waals surface area contributed by atoms with Gasteiger partial charge in [-0.1, -0.05) is 25.0 Å². The number of rotatable bonds is 10. The maximum Gasteiger partial charge on any atom is 0.416 e. The SMILES string of the molecule is CCCCCOc1ccc(C(=O)C2CCC(Cn3nnc4ccc(C(F)(F)F)cc4c3=O)C2C(=O)O)cc1. The van der Waals surface area contributed by atoms with Crippen molar-refractivity contribution >= 4 is 22.7 Å². The molecule has 0 amide bonds. The average Bonchev–Trinajstić information content (AvgIpc) is 3.31. The van der Waals surface area contributed by atoms with Crippen LogP contribution in [0.2, 0.25) is 0 Å². The van der Waals surface area contributed by atoms with Crippen LogP contribution < -0.4 is 10.3 Å². The number of Topliss-reactive ketones (excluding diaryl/α,β-unsaturated/α-hetero) is 1. The molecule has 1 N–H and O–H groups in total. The lowest BCUT2D eigenvalue weighted by atomic mass is 9.84. The van der Waals surface area contributed by atoms with E-state index in [0.717, 1.165) is 42.1 Å². The molecule has 2 aromatic carbocycles. The molecule has 1 aliphatic rings. The molecule has 202 valence electrons. The second-order valence-corrected chi connectivity index (χ2v) is 9.56. The second kappa shape index (κ2) is 11.3. The Bertz CT molecular complexity index is 1370. The standard InChI is InChI=1S/C27H28F3N3O5/c1-2-3-4-13-38-19-9-5-16(6-10-19)24(34)20-11-7-17(23(20)26(36)37)15-33-25(35)21-14-18(27(28,29)30)8-12-22(21)31-32-33/h5-6,8-10,12,14,17,20,23H,2-4,7,11,13,15H2,1H3,(H,36,37). The molecule has 1 heterocycles. The van der Waals surface area contributed by atoms with E-state index < -0.39 is 41.0 Å². The number of benzene rings is 2.